The van der Waals surface area contributed by atoms with Gasteiger partial charge in [0, 0.05) is 37.4 Å². The first kappa shape index (κ1) is 29.0. The van der Waals surface area contributed by atoms with Crippen molar-refractivity contribution in [2.75, 3.05) is 27.2 Å². The Kier molecular flexibility index (Phi) is 6.87. The van der Waals surface area contributed by atoms with Crippen LogP contribution in [0.1, 0.15) is 65.5 Å². The first-order valence-corrected chi connectivity index (χ1v) is 15.1. The summed E-state index contributed by atoms with van der Waals surface area (Å²) in [7, 11) is 4.22. The molecule has 2 heterocycles. The minimum atomic E-state index is -0.932. The van der Waals surface area contributed by atoms with E-state index in [0.717, 1.165) is 47.5 Å². The predicted molar refractivity (Wildman–Crippen MR) is 171 cm³/mol. The van der Waals surface area contributed by atoms with Crippen molar-refractivity contribution in [3.63, 3.8) is 0 Å². The maximum atomic E-state index is 13.6. The number of hydrogen-bond acceptors (Lipinski definition) is 4. The lowest BCUT2D eigenvalue weighted by molar-refractivity contribution is -0.950. The SMILES string of the molecule is Cc1ccc(/C=C/C(=O)N(C)[C@@H]2CC[C@@]3(O)[C@H]4Cc5ccc(O)c6c5[C@@]3(CC[N+]4(C)CC3CC3)[C@H]2O6)c(C)c1C.I. The van der Waals surface area contributed by atoms with E-state index in [1.165, 1.54) is 35.1 Å². The lowest BCUT2D eigenvalue weighted by Crippen LogP contribution is -2.82. The van der Waals surface area contributed by atoms with Crippen LogP contribution in [0.5, 0.6) is 11.5 Å². The fourth-order valence-electron chi connectivity index (χ4n) is 9.13. The molecular weight excluding hydrogens is 627 g/mol. The van der Waals surface area contributed by atoms with E-state index < -0.39 is 17.1 Å². The molecular formula is C34H44IN2O4+. The molecule has 2 aromatic carbocycles. The predicted octanol–water partition coefficient (Wildman–Crippen LogP) is 5.18. The van der Waals surface area contributed by atoms with Crippen LogP contribution in [-0.4, -0.2) is 76.5 Å². The van der Waals surface area contributed by atoms with E-state index in [1.54, 1.807) is 12.1 Å². The van der Waals surface area contributed by atoms with Gasteiger partial charge in [-0.2, -0.15) is 0 Å². The Hall–Kier alpha value is -2.10. The molecule has 1 unspecified atom stereocenters. The Labute approximate surface area is 261 Å². The number of ether oxygens (including phenoxy) is 1. The van der Waals surface area contributed by atoms with Crippen LogP contribution >= 0.6 is 24.0 Å². The molecule has 2 saturated carbocycles. The van der Waals surface area contributed by atoms with Crippen LogP contribution in [-0.2, 0) is 16.6 Å². The summed E-state index contributed by atoms with van der Waals surface area (Å²) in [5.74, 6) is 1.38. The van der Waals surface area contributed by atoms with Gasteiger partial charge in [0.05, 0.1) is 31.6 Å². The number of carbonyl (C=O) groups excluding carboxylic acids is 1. The smallest absolute Gasteiger partial charge is 0.246 e. The highest BCUT2D eigenvalue weighted by molar-refractivity contribution is 14.0. The molecule has 2 aliphatic heterocycles. The Morgan fingerprint density at radius 3 is 2.61 bits per heavy atom. The number of piperidine rings is 1. The van der Waals surface area contributed by atoms with Crippen LogP contribution < -0.4 is 4.74 Å². The van der Waals surface area contributed by atoms with Crippen molar-refractivity contribution in [3.05, 3.63) is 63.7 Å². The maximum Gasteiger partial charge on any atom is 0.246 e. The number of phenolic OH excluding ortho intramolecular Hbond substituents is 1. The summed E-state index contributed by atoms with van der Waals surface area (Å²) in [5, 5.41) is 23.8. The summed E-state index contributed by atoms with van der Waals surface area (Å²) in [6.45, 7) is 8.43. The van der Waals surface area contributed by atoms with Gasteiger partial charge in [-0.1, -0.05) is 18.2 Å². The average Bonchev–Trinajstić information content (AvgIpc) is 3.66. The molecule has 0 aromatic heterocycles. The van der Waals surface area contributed by atoms with Crippen molar-refractivity contribution < 1.29 is 24.2 Å². The second-order valence-electron chi connectivity index (χ2n) is 13.8. The zero-order valence-corrected chi connectivity index (χ0v) is 27.3. The highest BCUT2D eigenvalue weighted by Gasteiger charge is 2.76. The number of likely N-dealkylation sites (tertiary alicyclic amines) is 1. The Morgan fingerprint density at radius 1 is 1.12 bits per heavy atom. The standard InChI is InChI=1S/C34H42N2O4.HI/c1-20-6-9-24(22(3)21(20)2)11-13-29(38)35(4)26-14-15-34(39)28-18-25-10-12-27(37)31-30(25)33(34,32(26)40-31)16-17-36(28,5)19-23-7-8-23;/h6,9-13,23,26,28,32,39H,7-8,14-19H2,1-5H3;1H/p+1/b13-11+;/t26-,28-,32+,33+,34-,36?;/m1./s1. The van der Waals surface area contributed by atoms with Gasteiger partial charge in [0.25, 0.3) is 0 Å². The molecule has 41 heavy (non-hydrogen) atoms. The number of likely N-dealkylation sites (N-methyl/N-ethyl adjacent to an activating group) is 2. The van der Waals surface area contributed by atoms with Gasteiger partial charge in [-0.3, -0.25) is 4.79 Å². The molecule has 1 amide bonds. The summed E-state index contributed by atoms with van der Waals surface area (Å²) in [5.41, 5.74) is 5.40. The largest absolute Gasteiger partial charge is 0.504 e. The number of quaternary nitrogens is 1. The van der Waals surface area contributed by atoms with Crippen molar-refractivity contribution in [1.29, 1.82) is 0 Å². The molecule has 220 valence electrons. The zero-order valence-electron chi connectivity index (χ0n) is 24.9. The molecule has 0 radical (unpaired) electrons. The van der Waals surface area contributed by atoms with Gasteiger partial charge in [0.15, 0.2) is 11.5 Å². The number of aliphatic hydroxyl groups is 1. The highest BCUT2D eigenvalue weighted by atomic mass is 127. The van der Waals surface area contributed by atoms with Gasteiger partial charge in [0.1, 0.15) is 17.7 Å². The molecule has 7 rings (SSSR count). The Balaban J connectivity index is 0.00000302. The normalized spacial score (nSPS) is 34.5. The molecule has 2 aromatic rings. The molecule has 1 saturated heterocycles. The summed E-state index contributed by atoms with van der Waals surface area (Å²) in [6, 6.07) is 7.87. The van der Waals surface area contributed by atoms with Crippen LogP contribution in [0.25, 0.3) is 6.08 Å². The average molecular weight is 672 g/mol. The Morgan fingerprint density at radius 2 is 1.88 bits per heavy atom. The van der Waals surface area contributed by atoms with E-state index in [4.69, 9.17) is 4.74 Å². The van der Waals surface area contributed by atoms with Crippen LogP contribution in [0.15, 0.2) is 30.3 Å². The Bertz CT molecular complexity index is 1450. The molecule has 6 nitrogen and oxygen atoms in total. The second kappa shape index (κ2) is 9.71. The molecule has 2 bridgehead atoms. The first-order chi connectivity index (χ1) is 19.0. The van der Waals surface area contributed by atoms with E-state index >= 15 is 0 Å². The van der Waals surface area contributed by atoms with Crippen molar-refractivity contribution in [3.8, 4) is 11.5 Å². The third kappa shape index (κ3) is 3.97. The number of aryl methyl sites for hydroxylation is 1. The number of benzene rings is 2. The van der Waals surface area contributed by atoms with Crippen LogP contribution in [0.2, 0.25) is 0 Å². The van der Waals surface area contributed by atoms with Gasteiger partial charge in [0.2, 0.25) is 5.91 Å². The van der Waals surface area contributed by atoms with Crippen LogP contribution in [0.3, 0.4) is 0 Å². The van der Waals surface area contributed by atoms with Crippen molar-refractivity contribution in [1.82, 2.24) is 4.90 Å². The zero-order chi connectivity index (χ0) is 28.2. The number of nitrogens with zero attached hydrogens (tertiary/aromatic N) is 2. The maximum absolute atomic E-state index is 13.6. The summed E-state index contributed by atoms with van der Waals surface area (Å²) >= 11 is 0. The number of amides is 1. The topological polar surface area (TPSA) is 70.0 Å². The quantitative estimate of drug-likeness (QED) is 0.261. The van der Waals surface area contributed by atoms with E-state index in [9.17, 15) is 15.0 Å². The first-order valence-electron chi connectivity index (χ1n) is 15.1. The van der Waals surface area contributed by atoms with Gasteiger partial charge in [-0.05, 0) is 86.4 Å². The van der Waals surface area contributed by atoms with Crippen LogP contribution in [0.4, 0.5) is 0 Å². The lowest BCUT2D eigenvalue weighted by atomic mass is 9.47. The van der Waals surface area contributed by atoms with Gasteiger partial charge in [-0.25, -0.2) is 0 Å². The summed E-state index contributed by atoms with van der Waals surface area (Å²) < 4.78 is 7.60. The summed E-state index contributed by atoms with van der Waals surface area (Å²) in [6.07, 6.45) is 8.71. The molecule has 3 aliphatic carbocycles. The highest BCUT2D eigenvalue weighted by Crippen LogP contribution is 2.66. The number of phenols is 1. The van der Waals surface area contributed by atoms with Gasteiger partial charge in [-0.15, -0.1) is 24.0 Å². The van der Waals surface area contributed by atoms with Crippen molar-refractivity contribution in [2.24, 2.45) is 5.92 Å². The summed E-state index contributed by atoms with van der Waals surface area (Å²) in [4.78, 5) is 15.4. The third-order valence-electron chi connectivity index (χ3n) is 11.8. The monoisotopic (exact) mass is 671 g/mol. The fraction of sp³-hybridized carbons (Fsp3) is 0.559. The minimum absolute atomic E-state index is 0. The molecule has 1 spiro atoms. The molecule has 7 heteroatoms. The number of halogens is 1. The molecule has 6 atom stereocenters. The van der Waals surface area contributed by atoms with Gasteiger partial charge >= 0.3 is 0 Å². The molecule has 5 aliphatic rings. The third-order valence-corrected chi connectivity index (χ3v) is 11.8. The molecule has 2 N–H and O–H groups in total. The number of hydrogen-bond donors (Lipinski definition) is 2. The second-order valence-corrected chi connectivity index (χ2v) is 13.8. The van der Waals surface area contributed by atoms with Crippen molar-refractivity contribution in [2.45, 2.75) is 88.5 Å². The number of rotatable bonds is 5. The van der Waals surface area contributed by atoms with E-state index in [-0.39, 0.29) is 47.7 Å². The van der Waals surface area contributed by atoms with E-state index in [0.29, 0.717) is 18.6 Å². The number of carbonyl (C=O) groups is 1. The van der Waals surface area contributed by atoms with E-state index in [1.807, 2.05) is 24.1 Å². The lowest BCUT2D eigenvalue weighted by Gasteiger charge is -2.66. The molecule has 3 fully saturated rings. The fourth-order valence-corrected chi connectivity index (χ4v) is 9.13. The van der Waals surface area contributed by atoms with Gasteiger partial charge < -0.3 is 24.3 Å². The van der Waals surface area contributed by atoms with E-state index in [2.05, 4.69) is 40.0 Å². The van der Waals surface area contributed by atoms with Crippen LogP contribution in [0, 0.1) is 26.7 Å². The van der Waals surface area contributed by atoms with Crippen molar-refractivity contribution >= 4 is 36.0 Å². The number of aromatic hydroxyl groups is 1. The minimum Gasteiger partial charge on any atom is -0.504 e.